The minimum atomic E-state index is -0.590. The van der Waals surface area contributed by atoms with Crippen LogP contribution < -0.4 is 36.5 Å². The van der Waals surface area contributed by atoms with Crippen LogP contribution in [0.25, 0.3) is 10.9 Å². The number of likely N-dealkylation sites (N-methyl/N-ethyl adjacent to an activating group) is 2. The molecule has 3 aliphatic heterocycles. The van der Waals surface area contributed by atoms with Crippen molar-refractivity contribution in [2.24, 2.45) is 0 Å². The number of nitrogens with zero attached hydrogens (tertiary/aromatic N) is 5. The van der Waals surface area contributed by atoms with Gasteiger partial charge in [0.05, 0.1) is 23.9 Å². The molecule has 342 valence electrons. The minimum absolute atomic E-state index is 0.107. The fourth-order valence-corrected chi connectivity index (χ4v) is 9.05. The number of ether oxygens (including phenoxy) is 2. The van der Waals surface area contributed by atoms with Gasteiger partial charge in [0.25, 0.3) is 17.4 Å². The van der Waals surface area contributed by atoms with Gasteiger partial charge in [-0.3, -0.25) is 19.2 Å². The van der Waals surface area contributed by atoms with Gasteiger partial charge in [-0.05, 0) is 93.3 Å². The maximum atomic E-state index is 13.1. The summed E-state index contributed by atoms with van der Waals surface area (Å²) in [5.41, 5.74) is 4.22. The Morgan fingerprint density at radius 3 is 2.41 bits per heavy atom. The lowest BCUT2D eigenvalue weighted by atomic mass is 9.83. The summed E-state index contributed by atoms with van der Waals surface area (Å²) in [5.74, 6) is 1.18. The number of amides is 3. The van der Waals surface area contributed by atoms with Crippen LogP contribution >= 0.6 is 11.6 Å². The molecule has 0 bridgehead atoms. The van der Waals surface area contributed by atoms with E-state index in [2.05, 4.69) is 43.3 Å². The van der Waals surface area contributed by atoms with Crippen LogP contribution in [-0.4, -0.2) is 109 Å². The Kier molecular flexibility index (Phi) is 15.5. The third kappa shape index (κ3) is 10.8. The highest BCUT2D eigenvalue weighted by Crippen LogP contribution is 2.36. The number of fused-ring (bicyclic) bond motifs is 2. The average Bonchev–Trinajstić information content (AvgIpc) is 3.62. The van der Waals surface area contributed by atoms with E-state index in [4.69, 9.17) is 26.1 Å². The summed E-state index contributed by atoms with van der Waals surface area (Å²) in [4.78, 5) is 73.4. The van der Waals surface area contributed by atoms with Crippen LogP contribution in [0.4, 0.5) is 17.5 Å². The molecule has 16 nitrogen and oxygen atoms in total. The summed E-state index contributed by atoms with van der Waals surface area (Å²) < 4.78 is 13.3. The second kappa shape index (κ2) is 21.4. The van der Waals surface area contributed by atoms with Gasteiger partial charge >= 0.3 is 0 Å². The first-order valence-electron chi connectivity index (χ1n) is 22.5. The number of carbonyl (C=O) groups is 4. The first-order chi connectivity index (χ1) is 31.0. The van der Waals surface area contributed by atoms with Gasteiger partial charge in [-0.15, -0.1) is 0 Å². The van der Waals surface area contributed by atoms with Crippen LogP contribution in [0, 0.1) is 0 Å². The number of nitrogens with one attached hydrogen (secondary N) is 4. The summed E-state index contributed by atoms with van der Waals surface area (Å²) >= 11 is 6.47. The first-order valence-corrected chi connectivity index (χ1v) is 22.9. The first kappa shape index (κ1) is 46.4. The van der Waals surface area contributed by atoms with Crippen molar-refractivity contribution in [1.82, 2.24) is 35.4 Å². The number of piperidine rings is 1. The summed E-state index contributed by atoms with van der Waals surface area (Å²) in [6.45, 7) is 7.56. The minimum Gasteiger partial charge on any atom is -0.478 e. The van der Waals surface area contributed by atoms with Crippen molar-refractivity contribution in [2.45, 2.75) is 108 Å². The van der Waals surface area contributed by atoms with Crippen LogP contribution in [0.2, 0.25) is 5.02 Å². The summed E-state index contributed by atoms with van der Waals surface area (Å²) in [5, 5.41) is 12.8. The largest absolute Gasteiger partial charge is 0.478 e. The van der Waals surface area contributed by atoms with Gasteiger partial charge in [0.2, 0.25) is 11.9 Å². The topological polar surface area (TPSA) is 189 Å². The van der Waals surface area contributed by atoms with Crippen LogP contribution in [0.15, 0.2) is 53.5 Å². The molecule has 1 unspecified atom stereocenters. The van der Waals surface area contributed by atoms with Crippen LogP contribution in [-0.2, 0) is 25.7 Å². The predicted molar refractivity (Wildman–Crippen MR) is 247 cm³/mol. The third-order valence-corrected chi connectivity index (χ3v) is 12.8. The molecule has 2 aromatic carbocycles. The Morgan fingerprint density at radius 2 is 1.73 bits per heavy atom. The molecule has 3 fully saturated rings. The van der Waals surface area contributed by atoms with Crippen LogP contribution in [0.3, 0.4) is 0 Å². The molecule has 3 amide bonds. The van der Waals surface area contributed by atoms with E-state index in [0.29, 0.717) is 47.3 Å². The highest BCUT2D eigenvalue weighted by molar-refractivity contribution is 6.33. The number of aromatic nitrogens is 3. The van der Waals surface area contributed by atoms with Gasteiger partial charge < -0.3 is 49.9 Å². The number of aldehydes is 1. The Labute approximate surface area is 378 Å². The Hall–Kier alpha value is -5.58. The van der Waals surface area contributed by atoms with Gasteiger partial charge in [0.15, 0.2) is 18.2 Å². The van der Waals surface area contributed by atoms with Gasteiger partial charge in [-0.2, -0.15) is 4.98 Å². The van der Waals surface area contributed by atoms with E-state index in [1.165, 1.54) is 44.7 Å². The van der Waals surface area contributed by atoms with E-state index in [0.717, 1.165) is 67.5 Å². The number of halogens is 1. The van der Waals surface area contributed by atoms with E-state index in [1.54, 1.807) is 28.8 Å². The molecule has 1 saturated carbocycles. The fraction of sp³-hybridized carbons (Fsp3) is 0.511. The SMILES string of the molecule is CNC(=O)C(CCC=O)N1Cc2cc(C3CCCCC3)ccc2C1=O.CNC(=O)COc1cc2cc(Nc3nc(N4CCC(OC5CNC5)CC4)ncc3Cl)ccc2n(C(C)C)c1=O. The lowest BCUT2D eigenvalue weighted by Gasteiger charge is -2.36. The molecule has 17 heteroatoms. The quantitative estimate of drug-likeness (QED) is 0.108. The molecule has 1 atom stereocenters. The number of pyridine rings is 1. The van der Waals surface area contributed by atoms with E-state index in [9.17, 15) is 24.0 Å². The lowest BCUT2D eigenvalue weighted by Crippen LogP contribution is -2.51. The molecule has 4 aliphatic rings. The summed E-state index contributed by atoms with van der Waals surface area (Å²) in [6.07, 6.45) is 11.8. The average molecular weight is 899 g/mol. The van der Waals surface area contributed by atoms with Crippen LogP contribution in [0.1, 0.15) is 105 Å². The number of anilines is 3. The van der Waals surface area contributed by atoms with Gasteiger partial charge in [0, 0.05) is 75.9 Å². The molecule has 4 N–H and O–H groups in total. The van der Waals surface area contributed by atoms with Crippen molar-refractivity contribution in [3.05, 3.63) is 80.7 Å². The third-order valence-electron chi connectivity index (χ3n) is 12.5. The van der Waals surface area contributed by atoms with Crippen molar-refractivity contribution >= 4 is 64.0 Å². The Balaban J connectivity index is 0.000000211. The van der Waals surface area contributed by atoms with Crippen LogP contribution in [0.5, 0.6) is 5.75 Å². The molecule has 1 aliphatic carbocycles. The zero-order valence-corrected chi connectivity index (χ0v) is 37.9. The van der Waals surface area contributed by atoms with Gasteiger partial charge in [-0.1, -0.05) is 43.0 Å². The molecule has 5 heterocycles. The van der Waals surface area contributed by atoms with Crippen molar-refractivity contribution in [2.75, 3.05) is 57.1 Å². The number of hydrogen-bond donors (Lipinski definition) is 4. The summed E-state index contributed by atoms with van der Waals surface area (Å²) in [7, 11) is 3.08. The smallest absolute Gasteiger partial charge is 0.293 e. The highest BCUT2D eigenvalue weighted by Gasteiger charge is 2.36. The number of rotatable bonds is 15. The monoisotopic (exact) mass is 897 g/mol. The second-order valence-electron chi connectivity index (χ2n) is 17.2. The number of hydrogen-bond acceptors (Lipinski definition) is 12. The zero-order valence-electron chi connectivity index (χ0n) is 37.2. The van der Waals surface area contributed by atoms with E-state index in [1.807, 2.05) is 38.1 Å². The standard InChI is InChI=1S/C27H34ClN7O4.C20H26N2O3/c1-16(2)35-22-5-4-18(10-17(22)11-23(26(35)37)38-15-24(36)29-3)32-25-21(28)14-31-27(33-25)34-8-6-19(7-9-34)39-20-12-30-13-20;1-21-19(24)18(8-5-11-23)22-13-16-12-15(9-10-17(16)20(22)25)14-6-3-2-4-7-14/h4-5,10-11,14,16,19-20,30H,6-9,12-13,15H2,1-3H3,(H,29,36)(H,31,32,33);9-12,14,18H,2-8,13H2,1H3,(H,21,24). The molecule has 0 spiro atoms. The Morgan fingerprint density at radius 1 is 0.969 bits per heavy atom. The second-order valence-corrected chi connectivity index (χ2v) is 17.6. The molecular formula is C47H60ClN9O7. The fourth-order valence-electron chi connectivity index (χ4n) is 8.91. The molecule has 2 saturated heterocycles. The molecule has 64 heavy (non-hydrogen) atoms. The van der Waals surface area contributed by atoms with Gasteiger partial charge in [0.1, 0.15) is 17.4 Å². The lowest BCUT2D eigenvalue weighted by molar-refractivity contribution is -0.125. The van der Waals surface area contributed by atoms with Crippen molar-refractivity contribution in [3.8, 4) is 5.75 Å². The molecule has 4 aromatic rings. The molecule has 8 rings (SSSR count). The zero-order chi connectivity index (χ0) is 45.3. The van der Waals surface area contributed by atoms with E-state index < -0.39 is 6.04 Å². The van der Waals surface area contributed by atoms with E-state index in [-0.39, 0.29) is 54.2 Å². The van der Waals surface area contributed by atoms with Crippen molar-refractivity contribution < 1.29 is 28.7 Å². The normalized spacial score (nSPS) is 17.3. The van der Waals surface area contributed by atoms with Crippen molar-refractivity contribution in [3.63, 3.8) is 0 Å². The molecular weight excluding hydrogens is 838 g/mol. The van der Waals surface area contributed by atoms with E-state index >= 15 is 0 Å². The number of carbonyl (C=O) groups excluding carboxylic acids is 4. The highest BCUT2D eigenvalue weighted by atomic mass is 35.5. The molecule has 2 aromatic heterocycles. The van der Waals surface area contributed by atoms with Gasteiger partial charge in [-0.25, -0.2) is 4.98 Å². The van der Waals surface area contributed by atoms with Crippen molar-refractivity contribution in [1.29, 1.82) is 0 Å². The predicted octanol–water partition coefficient (Wildman–Crippen LogP) is 5.64. The maximum Gasteiger partial charge on any atom is 0.293 e. The summed E-state index contributed by atoms with van der Waals surface area (Å²) in [6, 6.07) is 12.8. The molecule has 0 radical (unpaired) electrons. The number of benzene rings is 2. The Bertz CT molecular complexity index is 2370. The maximum absolute atomic E-state index is 13.1.